The molecule has 0 saturated carbocycles. The summed E-state index contributed by atoms with van der Waals surface area (Å²) < 4.78 is 14.0. The normalized spacial score (nSPS) is 19.4. The number of imidazole rings is 1. The fourth-order valence-electron chi connectivity index (χ4n) is 2.80. The van der Waals surface area contributed by atoms with Gasteiger partial charge in [0.2, 0.25) is 0 Å². The van der Waals surface area contributed by atoms with Crippen LogP contribution in [-0.4, -0.2) is 29.4 Å². The van der Waals surface area contributed by atoms with Gasteiger partial charge in [-0.1, -0.05) is 0 Å². The second-order valence-electron chi connectivity index (χ2n) is 5.24. The highest BCUT2D eigenvalue weighted by Crippen LogP contribution is 2.22. The van der Waals surface area contributed by atoms with Crippen LogP contribution in [-0.2, 0) is 11.3 Å². The largest absolute Gasteiger partial charge is 0.497 e. The number of benzene rings is 1. The van der Waals surface area contributed by atoms with Gasteiger partial charge in [0.1, 0.15) is 5.75 Å². The first kappa shape index (κ1) is 13.6. The molecule has 20 heavy (non-hydrogen) atoms. The highest BCUT2D eigenvalue weighted by Gasteiger charge is 2.14. The number of rotatable bonds is 4. The van der Waals surface area contributed by atoms with Crippen LogP contribution in [0.15, 0.2) is 18.2 Å². The van der Waals surface area contributed by atoms with Crippen LogP contribution in [0.2, 0.25) is 0 Å². The molecule has 0 bridgehead atoms. The summed E-state index contributed by atoms with van der Waals surface area (Å²) in [7, 11) is 1.67. The highest BCUT2D eigenvalue weighted by atomic mass is 32.1. The number of aromatic amines is 1. The third-order valence-electron chi connectivity index (χ3n) is 3.93. The molecule has 0 amide bonds. The van der Waals surface area contributed by atoms with Crippen LogP contribution in [0.3, 0.4) is 0 Å². The lowest BCUT2D eigenvalue weighted by molar-refractivity contribution is 0.00892. The minimum atomic E-state index is 0.383. The second-order valence-corrected chi connectivity index (χ2v) is 5.63. The van der Waals surface area contributed by atoms with E-state index in [1.807, 2.05) is 12.1 Å². The van der Waals surface area contributed by atoms with Gasteiger partial charge in [0.25, 0.3) is 0 Å². The first-order valence-corrected chi connectivity index (χ1v) is 7.57. The summed E-state index contributed by atoms with van der Waals surface area (Å²) in [6.07, 6.45) is 5.05. The summed E-state index contributed by atoms with van der Waals surface area (Å²) in [6.45, 7) is 1.80. The van der Waals surface area contributed by atoms with Gasteiger partial charge in [0.15, 0.2) is 4.77 Å². The second kappa shape index (κ2) is 5.97. The van der Waals surface area contributed by atoms with Gasteiger partial charge in [0.05, 0.1) is 24.2 Å². The SMILES string of the molecule is COc1ccc2c(c1)[nH]c(=S)n2CCC1CCCCO1. The number of hydrogen-bond donors (Lipinski definition) is 1. The molecule has 1 saturated heterocycles. The average molecular weight is 292 g/mol. The number of hydrogen-bond acceptors (Lipinski definition) is 3. The van der Waals surface area contributed by atoms with Gasteiger partial charge in [-0.05, 0) is 50.0 Å². The molecular formula is C15H20N2O2S. The summed E-state index contributed by atoms with van der Waals surface area (Å²) in [5.41, 5.74) is 2.16. The topological polar surface area (TPSA) is 39.2 Å². The van der Waals surface area contributed by atoms with Gasteiger partial charge < -0.3 is 19.0 Å². The Morgan fingerprint density at radius 3 is 3.10 bits per heavy atom. The van der Waals surface area contributed by atoms with Gasteiger partial charge in [-0.25, -0.2) is 0 Å². The number of nitrogens with zero attached hydrogens (tertiary/aromatic N) is 1. The molecule has 108 valence electrons. The Morgan fingerprint density at radius 2 is 2.35 bits per heavy atom. The van der Waals surface area contributed by atoms with Crippen molar-refractivity contribution in [1.29, 1.82) is 0 Å². The Kier molecular flexibility index (Phi) is 4.08. The van der Waals surface area contributed by atoms with E-state index in [1.165, 1.54) is 19.3 Å². The lowest BCUT2D eigenvalue weighted by Gasteiger charge is -2.22. The fraction of sp³-hybridized carbons (Fsp3) is 0.533. The molecule has 0 radical (unpaired) electrons. The summed E-state index contributed by atoms with van der Waals surface area (Å²) >= 11 is 5.43. The van der Waals surface area contributed by atoms with E-state index in [1.54, 1.807) is 7.11 Å². The molecule has 2 aromatic rings. The van der Waals surface area contributed by atoms with E-state index in [2.05, 4.69) is 15.6 Å². The third kappa shape index (κ3) is 2.74. The number of H-pyrrole nitrogens is 1. The first-order valence-electron chi connectivity index (χ1n) is 7.16. The predicted octanol–water partition coefficient (Wildman–Crippen LogP) is 3.67. The van der Waals surface area contributed by atoms with Crippen molar-refractivity contribution in [2.75, 3.05) is 13.7 Å². The van der Waals surface area contributed by atoms with Gasteiger partial charge in [-0.2, -0.15) is 0 Å². The standard InChI is InChI=1S/C15H20N2O2S/c1-18-12-5-6-14-13(10-12)16-15(20)17(14)8-7-11-4-2-3-9-19-11/h5-6,10-11H,2-4,7-9H2,1H3,(H,16,20). The minimum Gasteiger partial charge on any atom is -0.497 e. The number of ether oxygens (including phenoxy) is 2. The van der Waals surface area contributed by atoms with Crippen LogP contribution >= 0.6 is 12.2 Å². The van der Waals surface area contributed by atoms with Crippen molar-refractivity contribution in [2.45, 2.75) is 38.3 Å². The number of methoxy groups -OCH3 is 1. The minimum absolute atomic E-state index is 0.383. The quantitative estimate of drug-likeness (QED) is 0.874. The van der Waals surface area contributed by atoms with Crippen molar-refractivity contribution in [2.24, 2.45) is 0 Å². The van der Waals surface area contributed by atoms with Crippen molar-refractivity contribution in [3.63, 3.8) is 0 Å². The zero-order chi connectivity index (χ0) is 13.9. The zero-order valence-electron chi connectivity index (χ0n) is 11.7. The van der Waals surface area contributed by atoms with E-state index in [-0.39, 0.29) is 0 Å². The monoisotopic (exact) mass is 292 g/mol. The third-order valence-corrected chi connectivity index (χ3v) is 4.25. The number of aromatic nitrogens is 2. The zero-order valence-corrected chi connectivity index (χ0v) is 12.5. The molecule has 0 aliphatic carbocycles. The first-order chi connectivity index (χ1) is 9.78. The number of nitrogens with one attached hydrogen (secondary N) is 1. The van der Waals surface area contributed by atoms with E-state index in [9.17, 15) is 0 Å². The van der Waals surface area contributed by atoms with Crippen LogP contribution < -0.4 is 4.74 Å². The van der Waals surface area contributed by atoms with Crippen molar-refractivity contribution in [3.8, 4) is 5.75 Å². The lowest BCUT2D eigenvalue weighted by atomic mass is 10.1. The molecule has 1 aromatic heterocycles. The molecule has 5 heteroatoms. The molecular weight excluding hydrogens is 272 g/mol. The molecule has 1 unspecified atom stereocenters. The average Bonchev–Trinajstić information content (AvgIpc) is 2.80. The van der Waals surface area contributed by atoms with Crippen LogP contribution in [0.4, 0.5) is 0 Å². The molecule has 1 aliphatic rings. The maximum Gasteiger partial charge on any atom is 0.178 e. The van der Waals surface area contributed by atoms with Crippen molar-refractivity contribution >= 4 is 23.3 Å². The van der Waals surface area contributed by atoms with Crippen LogP contribution in [0.1, 0.15) is 25.7 Å². The van der Waals surface area contributed by atoms with E-state index >= 15 is 0 Å². The van der Waals surface area contributed by atoms with Gasteiger partial charge in [0, 0.05) is 19.2 Å². The van der Waals surface area contributed by atoms with Gasteiger partial charge in [-0.3, -0.25) is 0 Å². The molecule has 0 spiro atoms. The molecule has 1 fully saturated rings. The Morgan fingerprint density at radius 1 is 1.45 bits per heavy atom. The van der Waals surface area contributed by atoms with Crippen molar-refractivity contribution in [3.05, 3.63) is 23.0 Å². The number of fused-ring (bicyclic) bond motifs is 1. The Bertz CT molecular complexity index is 641. The van der Waals surface area contributed by atoms with E-state index < -0.39 is 0 Å². The molecule has 1 aliphatic heterocycles. The molecule has 1 atom stereocenters. The van der Waals surface area contributed by atoms with Crippen LogP contribution in [0, 0.1) is 4.77 Å². The Labute approximate surface area is 123 Å². The molecule has 2 heterocycles. The molecule has 3 rings (SSSR count). The van der Waals surface area contributed by atoms with E-state index in [0.717, 1.165) is 41.1 Å². The molecule has 4 nitrogen and oxygen atoms in total. The van der Waals surface area contributed by atoms with Gasteiger partial charge in [-0.15, -0.1) is 0 Å². The summed E-state index contributed by atoms with van der Waals surface area (Å²) in [5.74, 6) is 0.844. The molecule has 1 N–H and O–H groups in total. The lowest BCUT2D eigenvalue weighted by Crippen LogP contribution is -2.20. The smallest absolute Gasteiger partial charge is 0.178 e. The summed E-state index contributed by atoms with van der Waals surface area (Å²) in [5, 5.41) is 0. The maximum atomic E-state index is 5.79. The van der Waals surface area contributed by atoms with E-state index in [0.29, 0.717) is 6.10 Å². The summed E-state index contributed by atoms with van der Waals surface area (Å²) in [6, 6.07) is 6.01. The fourth-order valence-corrected chi connectivity index (χ4v) is 3.10. The van der Waals surface area contributed by atoms with Crippen molar-refractivity contribution < 1.29 is 9.47 Å². The van der Waals surface area contributed by atoms with Crippen LogP contribution in [0.5, 0.6) is 5.75 Å². The number of aryl methyl sites for hydroxylation is 1. The maximum absolute atomic E-state index is 5.79. The Hall–Kier alpha value is -1.33. The summed E-state index contributed by atoms with van der Waals surface area (Å²) in [4.78, 5) is 3.25. The van der Waals surface area contributed by atoms with E-state index in [4.69, 9.17) is 21.7 Å². The molecule has 1 aromatic carbocycles. The highest BCUT2D eigenvalue weighted by molar-refractivity contribution is 7.71. The van der Waals surface area contributed by atoms with Gasteiger partial charge >= 0.3 is 0 Å². The van der Waals surface area contributed by atoms with Crippen molar-refractivity contribution in [1.82, 2.24) is 9.55 Å². The van der Waals surface area contributed by atoms with Crippen LogP contribution in [0.25, 0.3) is 11.0 Å². The Balaban J connectivity index is 1.80. The predicted molar refractivity (Wildman–Crippen MR) is 81.9 cm³/mol.